The predicted octanol–water partition coefficient (Wildman–Crippen LogP) is 3.55. The van der Waals surface area contributed by atoms with Crippen LogP contribution < -0.4 is 5.32 Å². The van der Waals surface area contributed by atoms with E-state index in [9.17, 15) is 4.79 Å². The first kappa shape index (κ1) is 22.0. The van der Waals surface area contributed by atoms with Gasteiger partial charge in [-0.25, -0.2) is 0 Å². The Morgan fingerprint density at radius 3 is 2.52 bits per heavy atom. The third-order valence-electron chi connectivity index (χ3n) is 5.81. The van der Waals surface area contributed by atoms with Crippen molar-refractivity contribution in [1.29, 1.82) is 0 Å². The maximum Gasteiger partial charge on any atom is 0.289 e. The number of para-hydroxylation sites is 1. The summed E-state index contributed by atoms with van der Waals surface area (Å²) in [5.41, 5.74) is 2.22. The SMILES string of the molecule is CN(C)Cc1c(C(=O)N2CCC3(CCNC3)CC2)oc2ccccc12.Cl.Cl. The zero-order chi connectivity index (χ0) is 17.4. The van der Waals surface area contributed by atoms with E-state index >= 15 is 0 Å². The summed E-state index contributed by atoms with van der Waals surface area (Å²) < 4.78 is 6.00. The zero-order valence-electron chi connectivity index (χ0n) is 16.0. The van der Waals surface area contributed by atoms with Crippen LogP contribution in [0, 0.1) is 5.41 Å². The standard InChI is InChI=1S/C20H27N3O2.2ClH/c1-22(2)13-16-15-5-3-4-6-17(15)25-18(16)19(24)23-11-8-20(9-12-23)7-10-21-14-20;;/h3-6,21H,7-14H2,1-2H3;2*1H. The van der Waals surface area contributed by atoms with Crippen LogP contribution in [0.25, 0.3) is 11.0 Å². The molecule has 4 rings (SSSR count). The smallest absolute Gasteiger partial charge is 0.289 e. The van der Waals surface area contributed by atoms with Gasteiger partial charge in [0.1, 0.15) is 5.58 Å². The first-order chi connectivity index (χ1) is 12.1. The van der Waals surface area contributed by atoms with E-state index in [1.807, 2.05) is 43.3 Å². The molecule has 5 nitrogen and oxygen atoms in total. The van der Waals surface area contributed by atoms with E-state index in [4.69, 9.17) is 4.42 Å². The van der Waals surface area contributed by atoms with Gasteiger partial charge in [-0.3, -0.25) is 4.79 Å². The molecule has 0 unspecified atom stereocenters. The fourth-order valence-electron chi connectivity index (χ4n) is 4.29. The first-order valence-electron chi connectivity index (χ1n) is 9.23. The van der Waals surface area contributed by atoms with Crippen LogP contribution in [-0.2, 0) is 6.54 Å². The van der Waals surface area contributed by atoms with Crippen LogP contribution in [0.3, 0.4) is 0 Å². The van der Waals surface area contributed by atoms with Crippen molar-refractivity contribution < 1.29 is 9.21 Å². The molecule has 1 aromatic carbocycles. The van der Waals surface area contributed by atoms with Gasteiger partial charge in [0.25, 0.3) is 5.91 Å². The Labute approximate surface area is 173 Å². The molecule has 2 aliphatic rings. The van der Waals surface area contributed by atoms with Crippen LogP contribution in [0.5, 0.6) is 0 Å². The molecule has 150 valence electrons. The Bertz CT molecular complexity index is 775. The van der Waals surface area contributed by atoms with Gasteiger partial charge in [-0.2, -0.15) is 0 Å². The topological polar surface area (TPSA) is 48.7 Å². The lowest BCUT2D eigenvalue weighted by atomic mass is 9.78. The largest absolute Gasteiger partial charge is 0.451 e. The highest BCUT2D eigenvalue weighted by Crippen LogP contribution is 2.38. The zero-order valence-corrected chi connectivity index (χ0v) is 17.6. The van der Waals surface area contributed by atoms with E-state index in [1.54, 1.807) is 0 Å². The van der Waals surface area contributed by atoms with Crippen molar-refractivity contribution in [3.8, 4) is 0 Å². The average Bonchev–Trinajstić information content (AvgIpc) is 3.20. The number of likely N-dealkylation sites (tertiary alicyclic amines) is 1. The molecule has 7 heteroatoms. The second-order valence-corrected chi connectivity index (χ2v) is 7.86. The van der Waals surface area contributed by atoms with Crippen molar-refractivity contribution >= 4 is 41.7 Å². The average molecular weight is 414 g/mol. The quantitative estimate of drug-likeness (QED) is 0.835. The molecule has 0 aliphatic carbocycles. The van der Waals surface area contributed by atoms with Crippen molar-refractivity contribution in [3.05, 3.63) is 35.6 Å². The van der Waals surface area contributed by atoms with Gasteiger partial charge in [-0.1, -0.05) is 18.2 Å². The van der Waals surface area contributed by atoms with E-state index in [0.29, 0.717) is 17.7 Å². The van der Waals surface area contributed by atoms with Gasteiger partial charge in [-0.15, -0.1) is 24.8 Å². The second kappa shape index (κ2) is 8.82. The number of hydrogen-bond donors (Lipinski definition) is 1. The molecule has 27 heavy (non-hydrogen) atoms. The molecule has 0 atom stereocenters. The van der Waals surface area contributed by atoms with Gasteiger partial charge in [0.05, 0.1) is 0 Å². The minimum Gasteiger partial charge on any atom is -0.451 e. The second-order valence-electron chi connectivity index (χ2n) is 7.86. The Morgan fingerprint density at radius 1 is 1.19 bits per heavy atom. The van der Waals surface area contributed by atoms with Crippen molar-refractivity contribution in [2.24, 2.45) is 5.41 Å². The van der Waals surface area contributed by atoms with Crippen LogP contribution in [0.2, 0.25) is 0 Å². The number of rotatable bonds is 3. The summed E-state index contributed by atoms with van der Waals surface area (Å²) in [5.74, 6) is 0.573. The number of benzene rings is 1. The Hall–Kier alpha value is -1.27. The molecule has 2 fully saturated rings. The molecule has 1 N–H and O–H groups in total. The number of fused-ring (bicyclic) bond motifs is 1. The van der Waals surface area contributed by atoms with Crippen molar-refractivity contribution in [1.82, 2.24) is 15.1 Å². The predicted molar refractivity (Wildman–Crippen MR) is 113 cm³/mol. The third-order valence-corrected chi connectivity index (χ3v) is 5.81. The maximum absolute atomic E-state index is 13.2. The number of hydrogen-bond acceptors (Lipinski definition) is 4. The fourth-order valence-corrected chi connectivity index (χ4v) is 4.29. The summed E-state index contributed by atoms with van der Waals surface area (Å²) in [4.78, 5) is 17.2. The van der Waals surface area contributed by atoms with Crippen molar-refractivity contribution in [2.45, 2.75) is 25.8 Å². The fraction of sp³-hybridized carbons (Fsp3) is 0.550. The van der Waals surface area contributed by atoms with Gasteiger partial charge < -0.3 is 19.5 Å². The van der Waals surface area contributed by atoms with Gasteiger partial charge in [0, 0.05) is 37.1 Å². The maximum atomic E-state index is 13.2. The molecule has 0 bridgehead atoms. The van der Waals surface area contributed by atoms with Crippen LogP contribution in [-0.4, -0.2) is 56.0 Å². The molecule has 0 radical (unpaired) electrons. The summed E-state index contributed by atoms with van der Waals surface area (Å²) in [6.45, 7) is 4.59. The highest BCUT2D eigenvalue weighted by Gasteiger charge is 2.39. The van der Waals surface area contributed by atoms with Gasteiger partial charge >= 0.3 is 0 Å². The van der Waals surface area contributed by atoms with Crippen LogP contribution in [0.4, 0.5) is 0 Å². The van der Waals surface area contributed by atoms with Gasteiger partial charge in [0.15, 0.2) is 5.76 Å². The molecule has 1 amide bonds. The number of nitrogens with zero attached hydrogens (tertiary/aromatic N) is 2. The monoisotopic (exact) mass is 413 g/mol. The Morgan fingerprint density at radius 2 is 1.89 bits per heavy atom. The highest BCUT2D eigenvalue weighted by atomic mass is 35.5. The molecule has 0 saturated carbocycles. The lowest BCUT2D eigenvalue weighted by molar-refractivity contribution is 0.0577. The van der Waals surface area contributed by atoms with Gasteiger partial charge in [0.2, 0.25) is 0 Å². The third kappa shape index (κ3) is 4.27. The van der Waals surface area contributed by atoms with Gasteiger partial charge in [-0.05, 0) is 51.4 Å². The van der Waals surface area contributed by atoms with Crippen molar-refractivity contribution in [3.63, 3.8) is 0 Å². The minimum absolute atomic E-state index is 0. The molecule has 2 aliphatic heterocycles. The molecule has 3 heterocycles. The highest BCUT2D eigenvalue weighted by molar-refractivity contribution is 5.99. The van der Waals surface area contributed by atoms with E-state index in [-0.39, 0.29) is 30.7 Å². The number of carbonyl (C=O) groups is 1. The number of halogens is 2. The number of carbonyl (C=O) groups excluding carboxylic acids is 1. The van der Waals surface area contributed by atoms with E-state index in [1.165, 1.54) is 6.42 Å². The van der Waals surface area contributed by atoms with E-state index in [0.717, 1.165) is 55.6 Å². The van der Waals surface area contributed by atoms with E-state index in [2.05, 4.69) is 10.2 Å². The minimum atomic E-state index is 0. The lowest BCUT2D eigenvalue weighted by Crippen LogP contribution is -2.44. The summed E-state index contributed by atoms with van der Waals surface area (Å²) >= 11 is 0. The number of amides is 1. The van der Waals surface area contributed by atoms with Crippen LogP contribution in [0.1, 0.15) is 35.4 Å². The van der Waals surface area contributed by atoms with Crippen LogP contribution >= 0.6 is 24.8 Å². The number of nitrogens with one attached hydrogen (secondary N) is 1. The Balaban J connectivity index is 0.00000131. The van der Waals surface area contributed by atoms with Crippen LogP contribution in [0.15, 0.2) is 28.7 Å². The molecule has 1 spiro atoms. The summed E-state index contributed by atoms with van der Waals surface area (Å²) in [7, 11) is 4.04. The normalized spacial score (nSPS) is 18.6. The molecular weight excluding hydrogens is 385 g/mol. The summed E-state index contributed by atoms with van der Waals surface area (Å²) in [6, 6.07) is 7.95. The van der Waals surface area contributed by atoms with Crippen molar-refractivity contribution in [2.75, 3.05) is 40.3 Å². The molecule has 2 aromatic rings. The summed E-state index contributed by atoms with van der Waals surface area (Å²) in [5, 5.41) is 4.53. The lowest BCUT2D eigenvalue weighted by Gasteiger charge is -2.38. The number of piperidine rings is 1. The number of furan rings is 1. The summed E-state index contributed by atoms with van der Waals surface area (Å²) in [6.07, 6.45) is 3.43. The molecular formula is C20H29Cl2N3O2. The van der Waals surface area contributed by atoms with E-state index < -0.39 is 0 Å². The Kier molecular flexibility index (Phi) is 7.20. The first-order valence-corrected chi connectivity index (χ1v) is 9.23. The molecule has 1 aromatic heterocycles. The molecule has 2 saturated heterocycles.